The van der Waals surface area contributed by atoms with Crippen molar-refractivity contribution in [2.45, 2.75) is 0 Å². The van der Waals surface area contributed by atoms with Crippen molar-refractivity contribution in [3.63, 3.8) is 0 Å². The summed E-state index contributed by atoms with van der Waals surface area (Å²) >= 11 is -1.68. The molecule has 0 spiro atoms. The molecule has 0 saturated heterocycles. The van der Waals surface area contributed by atoms with Crippen molar-refractivity contribution in [1.82, 2.24) is 0 Å². The van der Waals surface area contributed by atoms with E-state index >= 15 is 0 Å². The van der Waals surface area contributed by atoms with Crippen LogP contribution in [0.3, 0.4) is 0 Å². The lowest BCUT2D eigenvalue weighted by molar-refractivity contribution is 0.0650. The molecule has 0 bridgehead atoms. The van der Waals surface area contributed by atoms with Crippen molar-refractivity contribution in [2.75, 3.05) is 0 Å². The van der Waals surface area contributed by atoms with Gasteiger partial charge in [0.05, 0.1) is 14.7 Å². The highest BCUT2D eigenvalue weighted by molar-refractivity contribution is 14.1. The molecular formula is C8H5IO5. The van der Waals surface area contributed by atoms with Crippen LogP contribution in [0.15, 0.2) is 18.2 Å². The van der Waals surface area contributed by atoms with Crippen LogP contribution in [-0.2, 0) is 3.07 Å². The quantitative estimate of drug-likeness (QED) is 0.827. The van der Waals surface area contributed by atoms with Crippen LogP contribution in [0, 0.1) is 3.57 Å². The van der Waals surface area contributed by atoms with E-state index in [1.807, 2.05) is 0 Å². The minimum atomic E-state index is -1.68. The lowest BCUT2D eigenvalue weighted by atomic mass is 10.1. The lowest BCUT2D eigenvalue weighted by Crippen LogP contribution is -2.09. The second-order valence-electron chi connectivity index (χ2n) is 2.35. The molecule has 1 aromatic rings. The average Bonchev–Trinajstić information content (AvgIpc) is 2.16. The van der Waals surface area contributed by atoms with Crippen LogP contribution in [-0.4, -0.2) is 22.2 Å². The monoisotopic (exact) mass is 308 g/mol. The number of benzene rings is 1. The summed E-state index contributed by atoms with van der Waals surface area (Å²) in [6.07, 6.45) is 0. The zero-order chi connectivity index (χ0) is 10.7. The Labute approximate surface area is 89.0 Å². The normalized spacial score (nSPS) is 9.71. The van der Waals surface area contributed by atoms with Gasteiger partial charge in [-0.2, -0.15) is 0 Å². The summed E-state index contributed by atoms with van der Waals surface area (Å²) in [5.41, 5.74) is -0.701. The van der Waals surface area contributed by atoms with Crippen LogP contribution >= 0.6 is 21.2 Å². The molecule has 0 atom stereocenters. The molecule has 2 N–H and O–H groups in total. The third-order valence-corrected chi connectivity index (χ3v) is 2.91. The predicted octanol–water partition coefficient (Wildman–Crippen LogP) is 1.57. The summed E-state index contributed by atoms with van der Waals surface area (Å²) in [6.45, 7) is 0. The Morgan fingerprint density at radius 3 is 2.21 bits per heavy atom. The SMILES string of the molecule is O=Ic1cccc(C(=O)O)c1C(=O)O. The standard InChI is InChI=1S/C8H5IO5/c10-7(11)4-2-1-3-5(9-14)6(4)8(12)13/h1-3H,(H,10,11)(H,12,13). The molecule has 74 valence electrons. The maximum Gasteiger partial charge on any atom is 0.337 e. The first-order valence-corrected chi connectivity index (χ1v) is 5.40. The van der Waals surface area contributed by atoms with Crippen LogP contribution in [0.25, 0.3) is 0 Å². The molecule has 6 heteroatoms. The molecule has 0 saturated carbocycles. The van der Waals surface area contributed by atoms with Crippen LogP contribution in [0.4, 0.5) is 0 Å². The fourth-order valence-electron chi connectivity index (χ4n) is 0.984. The molecule has 0 heterocycles. The molecular weight excluding hydrogens is 303 g/mol. The molecule has 0 aliphatic heterocycles. The van der Waals surface area contributed by atoms with Crippen LogP contribution in [0.5, 0.6) is 0 Å². The fraction of sp³-hybridized carbons (Fsp3) is 0. The molecule has 0 radical (unpaired) electrons. The predicted molar refractivity (Wildman–Crippen MR) is 53.8 cm³/mol. The number of rotatable bonds is 3. The Balaban J connectivity index is 3.51. The van der Waals surface area contributed by atoms with Gasteiger partial charge in [0.1, 0.15) is 0 Å². The minimum absolute atomic E-state index is 0.0937. The Morgan fingerprint density at radius 2 is 1.79 bits per heavy atom. The zero-order valence-electron chi connectivity index (χ0n) is 6.73. The summed E-state index contributed by atoms with van der Waals surface area (Å²) in [6, 6.07) is 3.91. The summed E-state index contributed by atoms with van der Waals surface area (Å²) in [4.78, 5) is 21.4. The van der Waals surface area contributed by atoms with Crippen LogP contribution in [0.1, 0.15) is 20.7 Å². The van der Waals surface area contributed by atoms with Gasteiger partial charge in [-0.1, -0.05) is 6.07 Å². The molecule has 0 aliphatic carbocycles. The summed E-state index contributed by atoms with van der Waals surface area (Å²) < 4.78 is 10.8. The number of carboxylic acid groups (broad SMARTS) is 2. The lowest BCUT2D eigenvalue weighted by Gasteiger charge is -2.02. The van der Waals surface area contributed by atoms with Gasteiger partial charge in [0.15, 0.2) is 21.2 Å². The Kier molecular flexibility index (Phi) is 3.28. The zero-order valence-corrected chi connectivity index (χ0v) is 8.89. The van der Waals surface area contributed by atoms with Crippen molar-refractivity contribution >= 4 is 33.1 Å². The molecule has 0 fully saturated rings. The summed E-state index contributed by atoms with van der Waals surface area (Å²) in [7, 11) is 0. The summed E-state index contributed by atoms with van der Waals surface area (Å²) in [5.74, 6) is -2.70. The van der Waals surface area contributed by atoms with Gasteiger partial charge in [-0.15, -0.1) is 0 Å². The second-order valence-corrected chi connectivity index (χ2v) is 3.95. The van der Waals surface area contributed by atoms with Gasteiger partial charge in [-0.3, -0.25) is 3.07 Å². The van der Waals surface area contributed by atoms with Gasteiger partial charge in [0.25, 0.3) is 0 Å². The first-order chi connectivity index (χ1) is 6.57. The topological polar surface area (TPSA) is 91.7 Å². The van der Waals surface area contributed by atoms with E-state index in [9.17, 15) is 12.7 Å². The number of halogens is 1. The molecule has 0 amide bonds. The van der Waals surface area contributed by atoms with Crippen molar-refractivity contribution in [2.24, 2.45) is 0 Å². The first-order valence-electron chi connectivity index (χ1n) is 3.44. The van der Waals surface area contributed by atoms with E-state index < -0.39 is 33.1 Å². The molecule has 14 heavy (non-hydrogen) atoms. The third-order valence-electron chi connectivity index (χ3n) is 1.54. The highest BCUT2D eigenvalue weighted by Crippen LogP contribution is 2.20. The minimum Gasteiger partial charge on any atom is -0.478 e. The number of hydrogen-bond donors (Lipinski definition) is 2. The summed E-state index contributed by atoms with van der Waals surface area (Å²) in [5, 5.41) is 17.4. The van der Waals surface area contributed by atoms with Gasteiger partial charge in [0.2, 0.25) is 0 Å². The number of aromatic carboxylic acids is 2. The van der Waals surface area contributed by atoms with Crippen molar-refractivity contribution < 1.29 is 22.9 Å². The molecule has 5 nitrogen and oxygen atoms in total. The van der Waals surface area contributed by atoms with E-state index in [-0.39, 0.29) is 14.7 Å². The van der Waals surface area contributed by atoms with Gasteiger partial charge in [-0.05, 0) is 12.1 Å². The molecule has 0 aliphatic rings. The van der Waals surface area contributed by atoms with E-state index in [2.05, 4.69) is 0 Å². The molecule has 1 rings (SSSR count). The van der Waals surface area contributed by atoms with Gasteiger partial charge in [-0.25, -0.2) is 9.59 Å². The average molecular weight is 308 g/mol. The van der Waals surface area contributed by atoms with Crippen molar-refractivity contribution in [1.29, 1.82) is 0 Å². The van der Waals surface area contributed by atoms with Crippen LogP contribution in [0.2, 0.25) is 0 Å². The maximum atomic E-state index is 10.7. The Bertz CT molecular complexity index is 412. The number of hydrogen-bond acceptors (Lipinski definition) is 3. The smallest absolute Gasteiger partial charge is 0.337 e. The van der Waals surface area contributed by atoms with Gasteiger partial charge in [0, 0.05) is 0 Å². The van der Waals surface area contributed by atoms with E-state index in [1.54, 1.807) is 0 Å². The number of carboxylic acids is 2. The Hall–Kier alpha value is -1.31. The third kappa shape index (κ3) is 1.95. The molecule has 0 aromatic heterocycles. The molecule has 1 aromatic carbocycles. The van der Waals surface area contributed by atoms with Crippen molar-refractivity contribution in [3.05, 3.63) is 32.9 Å². The van der Waals surface area contributed by atoms with E-state index in [4.69, 9.17) is 10.2 Å². The fourth-order valence-corrected chi connectivity index (χ4v) is 2.08. The van der Waals surface area contributed by atoms with E-state index in [0.29, 0.717) is 0 Å². The maximum absolute atomic E-state index is 10.7. The Morgan fingerprint density at radius 1 is 1.14 bits per heavy atom. The van der Waals surface area contributed by atoms with E-state index in [1.165, 1.54) is 18.2 Å². The highest BCUT2D eigenvalue weighted by Gasteiger charge is 2.19. The second kappa shape index (κ2) is 4.27. The highest BCUT2D eigenvalue weighted by atomic mass is 127. The molecule has 0 unspecified atom stereocenters. The van der Waals surface area contributed by atoms with Crippen LogP contribution < -0.4 is 0 Å². The van der Waals surface area contributed by atoms with Gasteiger partial charge >= 0.3 is 11.9 Å². The first kappa shape index (κ1) is 10.8. The van der Waals surface area contributed by atoms with E-state index in [0.717, 1.165) is 0 Å². The largest absolute Gasteiger partial charge is 0.478 e. The van der Waals surface area contributed by atoms with Gasteiger partial charge < -0.3 is 10.2 Å². The number of carbonyl (C=O) groups is 2. The van der Waals surface area contributed by atoms with Crippen molar-refractivity contribution in [3.8, 4) is 0 Å².